The van der Waals surface area contributed by atoms with E-state index in [2.05, 4.69) is 20.4 Å². The summed E-state index contributed by atoms with van der Waals surface area (Å²) in [5.74, 6) is 1.87. The standard InChI is InChI=1S/C17H23N3O3S/c1-12(21)15-8-13(11-24-15)9-20-6-3-4-14(10-20)17-18-16(19-23-17)5-7-22-2/h8,11,14H,3-7,9-10H2,1-2H3. The summed E-state index contributed by atoms with van der Waals surface area (Å²) in [6.07, 6.45) is 2.87. The minimum Gasteiger partial charge on any atom is -0.384 e. The van der Waals surface area contributed by atoms with Gasteiger partial charge in [0.15, 0.2) is 11.6 Å². The fourth-order valence-electron chi connectivity index (χ4n) is 3.03. The average molecular weight is 349 g/mol. The molecule has 0 saturated carbocycles. The van der Waals surface area contributed by atoms with Crippen LogP contribution in [0.25, 0.3) is 0 Å². The largest absolute Gasteiger partial charge is 0.384 e. The first-order chi connectivity index (χ1) is 11.7. The van der Waals surface area contributed by atoms with Crippen molar-refractivity contribution in [3.63, 3.8) is 0 Å². The van der Waals surface area contributed by atoms with Crippen molar-refractivity contribution in [2.75, 3.05) is 26.8 Å². The highest BCUT2D eigenvalue weighted by Crippen LogP contribution is 2.27. The summed E-state index contributed by atoms with van der Waals surface area (Å²) in [6, 6.07) is 2.01. The molecule has 1 saturated heterocycles. The van der Waals surface area contributed by atoms with E-state index in [1.54, 1.807) is 14.0 Å². The zero-order valence-corrected chi connectivity index (χ0v) is 15.0. The SMILES string of the molecule is COCCc1noc(C2CCCN(Cc3csc(C(C)=O)c3)C2)n1. The van der Waals surface area contributed by atoms with Crippen LogP contribution in [-0.4, -0.2) is 47.6 Å². The number of thiophene rings is 1. The van der Waals surface area contributed by atoms with Crippen LogP contribution in [0.4, 0.5) is 0 Å². The number of aromatic nitrogens is 2. The number of methoxy groups -OCH3 is 1. The molecule has 0 aromatic carbocycles. The number of nitrogens with zero attached hydrogens (tertiary/aromatic N) is 3. The van der Waals surface area contributed by atoms with Crippen molar-refractivity contribution >= 4 is 17.1 Å². The van der Waals surface area contributed by atoms with Gasteiger partial charge in [0.05, 0.1) is 17.4 Å². The lowest BCUT2D eigenvalue weighted by atomic mass is 9.97. The molecule has 1 atom stereocenters. The molecule has 0 radical (unpaired) electrons. The zero-order valence-electron chi connectivity index (χ0n) is 14.2. The summed E-state index contributed by atoms with van der Waals surface area (Å²) in [5, 5.41) is 6.12. The third kappa shape index (κ3) is 4.28. The normalized spacial score (nSPS) is 18.8. The van der Waals surface area contributed by atoms with E-state index in [0.29, 0.717) is 18.9 Å². The Morgan fingerprint density at radius 1 is 1.54 bits per heavy atom. The number of hydrogen-bond acceptors (Lipinski definition) is 7. The summed E-state index contributed by atoms with van der Waals surface area (Å²) in [5.41, 5.74) is 1.21. The molecular weight excluding hydrogens is 326 g/mol. The molecule has 1 aliphatic rings. The lowest BCUT2D eigenvalue weighted by molar-refractivity contribution is 0.102. The van der Waals surface area contributed by atoms with Gasteiger partial charge in [-0.3, -0.25) is 9.69 Å². The molecule has 0 amide bonds. The van der Waals surface area contributed by atoms with Crippen molar-refractivity contribution in [1.82, 2.24) is 15.0 Å². The van der Waals surface area contributed by atoms with Gasteiger partial charge in [0.2, 0.25) is 5.89 Å². The van der Waals surface area contributed by atoms with Crippen LogP contribution >= 0.6 is 11.3 Å². The van der Waals surface area contributed by atoms with Crippen LogP contribution in [0.15, 0.2) is 16.0 Å². The molecule has 7 heteroatoms. The number of carbonyl (C=O) groups is 1. The highest BCUT2D eigenvalue weighted by Gasteiger charge is 2.26. The first-order valence-electron chi connectivity index (χ1n) is 8.28. The maximum atomic E-state index is 11.4. The third-order valence-electron chi connectivity index (χ3n) is 4.28. The van der Waals surface area contributed by atoms with Crippen LogP contribution in [0, 0.1) is 0 Å². The quantitative estimate of drug-likeness (QED) is 0.716. The summed E-state index contributed by atoms with van der Waals surface area (Å²) >= 11 is 1.53. The lowest BCUT2D eigenvalue weighted by Gasteiger charge is -2.30. The van der Waals surface area contributed by atoms with E-state index in [1.807, 2.05) is 6.07 Å². The Balaban J connectivity index is 1.59. The first-order valence-corrected chi connectivity index (χ1v) is 9.16. The average Bonchev–Trinajstić information content (AvgIpc) is 3.22. The smallest absolute Gasteiger partial charge is 0.231 e. The van der Waals surface area contributed by atoms with Gasteiger partial charge >= 0.3 is 0 Å². The Labute approximate surface area is 145 Å². The Morgan fingerprint density at radius 2 is 2.42 bits per heavy atom. The molecule has 3 rings (SSSR count). The number of piperidine rings is 1. The number of ether oxygens (including phenoxy) is 1. The number of rotatable bonds is 7. The molecule has 1 fully saturated rings. The van der Waals surface area contributed by atoms with Crippen LogP contribution in [-0.2, 0) is 17.7 Å². The summed E-state index contributed by atoms with van der Waals surface area (Å²) in [6.45, 7) is 5.06. The predicted octanol–water partition coefficient (Wildman–Crippen LogP) is 2.90. The van der Waals surface area contributed by atoms with Gasteiger partial charge < -0.3 is 9.26 Å². The van der Waals surface area contributed by atoms with Crippen LogP contribution in [0.1, 0.15) is 52.6 Å². The van der Waals surface area contributed by atoms with Crippen LogP contribution in [0.5, 0.6) is 0 Å². The highest BCUT2D eigenvalue weighted by atomic mass is 32.1. The van der Waals surface area contributed by atoms with Gasteiger partial charge in [-0.2, -0.15) is 4.98 Å². The van der Waals surface area contributed by atoms with Crippen molar-refractivity contribution in [2.45, 2.75) is 38.6 Å². The molecule has 24 heavy (non-hydrogen) atoms. The predicted molar refractivity (Wildman–Crippen MR) is 91.5 cm³/mol. The molecule has 0 aliphatic carbocycles. The molecule has 6 nitrogen and oxygen atoms in total. The summed E-state index contributed by atoms with van der Waals surface area (Å²) in [7, 11) is 1.67. The lowest BCUT2D eigenvalue weighted by Crippen LogP contribution is -2.33. The fraction of sp³-hybridized carbons (Fsp3) is 0.588. The zero-order chi connectivity index (χ0) is 16.9. The van der Waals surface area contributed by atoms with Crippen molar-refractivity contribution in [3.8, 4) is 0 Å². The molecule has 1 aliphatic heterocycles. The van der Waals surface area contributed by atoms with Crippen LogP contribution < -0.4 is 0 Å². The van der Waals surface area contributed by atoms with E-state index in [9.17, 15) is 4.79 Å². The van der Waals surface area contributed by atoms with Gasteiger partial charge in [-0.15, -0.1) is 11.3 Å². The maximum Gasteiger partial charge on any atom is 0.231 e. The topological polar surface area (TPSA) is 68.5 Å². The minimum atomic E-state index is 0.136. The third-order valence-corrected chi connectivity index (χ3v) is 5.36. The fourth-order valence-corrected chi connectivity index (χ4v) is 3.84. The van der Waals surface area contributed by atoms with Gasteiger partial charge in [0.25, 0.3) is 0 Å². The van der Waals surface area contributed by atoms with E-state index in [4.69, 9.17) is 9.26 Å². The molecule has 130 valence electrons. The van der Waals surface area contributed by atoms with Crippen molar-refractivity contribution in [1.29, 1.82) is 0 Å². The van der Waals surface area contributed by atoms with Crippen molar-refractivity contribution < 1.29 is 14.1 Å². The Bertz CT molecular complexity index is 682. The van der Waals surface area contributed by atoms with E-state index in [-0.39, 0.29) is 11.7 Å². The van der Waals surface area contributed by atoms with Crippen molar-refractivity contribution in [3.05, 3.63) is 33.6 Å². The number of hydrogen-bond donors (Lipinski definition) is 0. The molecular formula is C17H23N3O3S. The second kappa shape index (κ2) is 8.00. The van der Waals surface area contributed by atoms with E-state index in [0.717, 1.165) is 43.2 Å². The first kappa shape index (κ1) is 17.3. The molecule has 2 aromatic rings. The molecule has 2 aromatic heterocycles. The Hall–Kier alpha value is -1.57. The highest BCUT2D eigenvalue weighted by molar-refractivity contribution is 7.12. The summed E-state index contributed by atoms with van der Waals surface area (Å²) < 4.78 is 10.5. The second-order valence-corrected chi connectivity index (χ2v) is 7.15. The molecule has 0 N–H and O–H groups in total. The Kier molecular flexibility index (Phi) is 5.76. The second-order valence-electron chi connectivity index (χ2n) is 6.24. The van der Waals surface area contributed by atoms with E-state index in [1.165, 1.54) is 16.9 Å². The van der Waals surface area contributed by atoms with Gasteiger partial charge in [-0.1, -0.05) is 5.16 Å². The van der Waals surface area contributed by atoms with E-state index >= 15 is 0 Å². The Morgan fingerprint density at radius 3 is 3.17 bits per heavy atom. The van der Waals surface area contributed by atoms with Crippen molar-refractivity contribution in [2.24, 2.45) is 0 Å². The van der Waals surface area contributed by atoms with Crippen LogP contribution in [0.3, 0.4) is 0 Å². The molecule has 0 spiro atoms. The van der Waals surface area contributed by atoms with E-state index < -0.39 is 0 Å². The maximum absolute atomic E-state index is 11.4. The molecule has 0 bridgehead atoms. The molecule has 3 heterocycles. The van der Waals surface area contributed by atoms with Gasteiger partial charge in [0, 0.05) is 26.6 Å². The van der Waals surface area contributed by atoms with Gasteiger partial charge in [-0.05, 0) is 43.3 Å². The monoisotopic (exact) mass is 349 g/mol. The summed E-state index contributed by atoms with van der Waals surface area (Å²) in [4.78, 5) is 19.2. The minimum absolute atomic E-state index is 0.136. The number of carbonyl (C=O) groups excluding carboxylic acids is 1. The molecule has 1 unspecified atom stereocenters. The van der Waals surface area contributed by atoms with Gasteiger partial charge in [-0.25, -0.2) is 0 Å². The number of Topliss-reactive ketones (excluding diaryl/α,β-unsaturated/α-hetero) is 1. The van der Waals surface area contributed by atoms with Gasteiger partial charge in [0.1, 0.15) is 0 Å². The van der Waals surface area contributed by atoms with Crippen LogP contribution in [0.2, 0.25) is 0 Å². The number of ketones is 1. The number of likely N-dealkylation sites (tertiary alicyclic amines) is 1.